The molecule has 2 N–H and O–H groups in total. The van der Waals surface area contributed by atoms with Gasteiger partial charge in [-0.15, -0.1) is 0 Å². The second-order valence-corrected chi connectivity index (χ2v) is 4.20. The Kier molecular flexibility index (Phi) is 4.19. The van der Waals surface area contributed by atoms with E-state index in [1.807, 2.05) is 25.1 Å². The van der Waals surface area contributed by atoms with Gasteiger partial charge < -0.3 is 5.73 Å². The van der Waals surface area contributed by atoms with Gasteiger partial charge in [0.1, 0.15) is 0 Å². The van der Waals surface area contributed by atoms with Crippen LogP contribution in [0.1, 0.15) is 18.9 Å². The second kappa shape index (κ2) is 5.20. The van der Waals surface area contributed by atoms with Crippen molar-refractivity contribution >= 4 is 22.0 Å². The molecule has 0 saturated heterocycles. The van der Waals surface area contributed by atoms with Crippen molar-refractivity contribution in [3.63, 3.8) is 0 Å². The first kappa shape index (κ1) is 10.5. The summed E-state index contributed by atoms with van der Waals surface area (Å²) in [5.41, 5.74) is 6.88. The van der Waals surface area contributed by atoms with Gasteiger partial charge in [0.05, 0.1) is 0 Å². The van der Waals surface area contributed by atoms with Gasteiger partial charge in [-0.05, 0) is 29.5 Å². The molecule has 1 unspecified atom stereocenters. The molecule has 0 heterocycles. The molecule has 1 nitrogen and oxygen atoms in total. The fourth-order valence-electron chi connectivity index (χ4n) is 1.10. The van der Waals surface area contributed by atoms with E-state index < -0.39 is 0 Å². The molecule has 2 heteroatoms. The zero-order valence-corrected chi connectivity index (χ0v) is 9.29. The van der Waals surface area contributed by atoms with E-state index >= 15 is 0 Å². The minimum absolute atomic E-state index is 0.203. The van der Waals surface area contributed by atoms with E-state index in [1.54, 1.807) is 0 Å². The summed E-state index contributed by atoms with van der Waals surface area (Å²) in [6, 6.07) is 10.4. The van der Waals surface area contributed by atoms with Crippen LogP contribution in [0.15, 0.2) is 34.8 Å². The maximum atomic E-state index is 5.68. The number of nitrogens with two attached hydrogens (primary N) is 1. The lowest BCUT2D eigenvalue weighted by molar-refractivity contribution is 0.755. The summed E-state index contributed by atoms with van der Waals surface area (Å²) >= 11 is 3.50. The first-order chi connectivity index (χ1) is 6.18. The number of benzene rings is 1. The summed E-state index contributed by atoms with van der Waals surface area (Å²) in [5.74, 6) is 0. The maximum Gasteiger partial charge on any atom is 0.00560 e. The van der Waals surface area contributed by atoms with Crippen molar-refractivity contribution in [3.05, 3.63) is 40.4 Å². The molecule has 0 bridgehead atoms. The topological polar surface area (TPSA) is 26.0 Å². The molecule has 70 valence electrons. The van der Waals surface area contributed by atoms with Gasteiger partial charge in [0.15, 0.2) is 0 Å². The van der Waals surface area contributed by atoms with Crippen LogP contribution in [0, 0.1) is 0 Å². The zero-order valence-electron chi connectivity index (χ0n) is 7.70. The summed E-state index contributed by atoms with van der Waals surface area (Å²) in [4.78, 5) is 0. The molecule has 0 spiro atoms. The predicted octanol–water partition coefficient (Wildman–Crippen LogP) is 3.16. The van der Waals surface area contributed by atoms with E-state index in [9.17, 15) is 0 Å². The van der Waals surface area contributed by atoms with Gasteiger partial charge in [-0.1, -0.05) is 46.3 Å². The van der Waals surface area contributed by atoms with Gasteiger partial charge in [0, 0.05) is 6.04 Å². The minimum Gasteiger partial charge on any atom is -0.328 e. The molecular formula is C11H14BrN. The minimum atomic E-state index is 0.203. The second-order valence-electron chi connectivity index (χ2n) is 3.18. The van der Waals surface area contributed by atoms with Crippen molar-refractivity contribution < 1.29 is 0 Å². The van der Waals surface area contributed by atoms with Gasteiger partial charge in [-0.3, -0.25) is 0 Å². The fraction of sp³-hybridized carbons (Fsp3) is 0.273. The van der Waals surface area contributed by atoms with Crippen LogP contribution in [0.3, 0.4) is 0 Å². The summed E-state index contributed by atoms with van der Waals surface area (Å²) in [6.45, 7) is 2.00. The van der Waals surface area contributed by atoms with Crippen LogP contribution in [0.2, 0.25) is 0 Å². The van der Waals surface area contributed by atoms with Crippen molar-refractivity contribution in [2.75, 3.05) is 0 Å². The Morgan fingerprint density at radius 3 is 2.62 bits per heavy atom. The third-order valence-corrected chi connectivity index (χ3v) is 2.19. The van der Waals surface area contributed by atoms with Crippen molar-refractivity contribution in [2.45, 2.75) is 19.4 Å². The van der Waals surface area contributed by atoms with E-state index in [0.29, 0.717) is 0 Å². The van der Waals surface area contributed by atoms with Crippen LogP contribution in [0.5, 0.6) is 0 Å². The lowest BCUT2D eigenvalue weighted by Crippen LogP contribution is -2.13. The average molecular weight is 240 g/mol. The lowest BCUT2D eigenvalue weighted by atomic mass is 10.1. The molecule has 1 atom stereocenters. The van der Waals surface area contributed by atoms with Crippen LogP contribution in [0.25, 0.3) is 6.08 Å². The number of rotatable bonds is 3. The average Bonchev–Trinajstić information content (AvgIpc) is 2.04. The molecule has 1 aromatic rings. The SMILES string of the molecule is CC(N)C/C(Br)=C/c1ccccc1. The molecule has 0 aliphatic rings. The third-order valence-electron chi connectivity index (χ3n) is 1.64. The Hall–Kier alpha value is -0.600. The molecular weight excluding hydrogens is 226 g/mol. The highest BCUT2D eigenvalue weighted by molar-refractivity contribution is 9.11. The molecule has 0 saturated carbocycles. The summed E-state index contributed by atoms with van der Waals surface area (Å²) < 4.78 is 1.15. The van der Waals surface area contributed by atoms with Gasteiger partial charge in [-0.2, -0.15) is 0 Å². The largest absolute Gasteiger partial charge is 0.328 e. The van der Waals surface area contributed by atoms with Crippen LogP contribution in [-0.2, 0) is 0 Å². The molecule has 0 aromatic heterocycles. The highest BCUT2D eigenvalue weighted by Gasteiger charge is 1.97. The highest BCUT2D eigenvalue weighted by atomic mass is 79.9. The van der Waals surface area contributed by atoms with Gasteiger partial charge in [-0.25, -0.2) is 0 Å². The smallest absolute Gasteiger partial charge is 0.00560 e. The van der Waals surface area contributed by atoms with Crippen molar-refractivity contribution in [1.82, 2.24) is 0 Å². The highest BCUT2D eigenvalue weighted by Crippen LogP contribution is 2.16. The van der Waals surface area contributed by atoms with E-state index in [1.165, 1.54) is 5.56 Å². The van der Waals surface area contributed by atoms with Crippen molar-refractivity contribution in [1.29, 1.82) is 0 Å². The quantitative estimate of drug-likeness (QED) is 0.862. The number of hydrogen-bond donors (Lipinski definition) is 1. The number of hydrogen-bond acceptors (Lipinski definition) is 1. The Morgan fingerprint density at radius 1 is 1.46 bits per heavy atom. The molecule has 0 aliphatic heterocycles. The normalized spacial score (nSPS) is 14.2. The standard InChI is InChI=1S/C11H14BrN/c1-9(13)7-11(12)8-10-5-3-2-4-6-10/h2-6,8-9H,7,13H2,1H3/b11-8-. The Labute approximate surface area is 87.8 Å². The third kappa shape index (κ3) is 4.25. The molecule has 0 amide bonds. The van der Waals surface area contributed by atoms with Crippen LogP contribution < -0.4 is 5.73 Å². The molecule has 0 fully saturated rings. The molecule has 0 aliphatic carbocycles. The summed E-state index contributed by atoms with van der Waals surface area (Å²) in [5, 5.41) is 0. The lowest BCUT2D eigenvalue weighted by Gasteiger charge is -2.03. The molecule has 0 radical (unpaired) electrons. The van der Waals surface area contributed by atoms with Crippen LogP contribution in [-0.4, -0.2) is 6.04 Å². The van der Waals surface area contributed by atoms with E-state index in [4.69, 9.17) is 5.73 Å². The van der Waals surface area contributed by atoms with E-state index in [-0.39, 0.29) is 6.04 Å². The van der Waals surface area contributed by atoms with Gasteiger partial charge in [0.25, 0.3) is 0 Å². The Balaban J connectivity index is 2.66. The summed E-state index contributed by atoms with van der Waals surface area (Å²) in [7, 11) is 0. The zero-order chi connectivity index (χ0) is 9.68. The van der Waals surface area contributed by atoms with Crippen LogP contribution >= 0.6 is 15.9 Å². The van der Waals surface area contributed by atoms with Gasteiger partial charge >= 0.3 is 0 Å². The molecule has 13 heavy (non-hydrogen) atoms. The van der Waals surface area contributed by atoms with Crippen LogP contribution in [0.4, 0.5) is 0 Å². The van der Waals surface area contributed by atoms with E-state index in [2.05, 4.69) is 34.1 Å². The number of halogens is 1. The summed E-state index contributed by atoms with van der Waals surface area (Å²) in [6.07, 6.45) is 2.98. The molecule has 1 rings (SSSR count). The maximum absolute atomic E-state index is 5.68. The first-order valence-corrected chi connectivity index (χ1v) is 5.14. The van der Waals surface area contributed by atoms with Crippen molar-refractivity contribution in [2.24, 2.45) is 5.73 Å². The van der Waals surface area contributed by atoms with E-state index in [0.717, 1.165) is 10.9 Å². The van der Waals surface area contributed by atoms with Crippen molar-refractivity contribution in [3.8, 4) is 0 Å². The first-order valence-electron chi connectivity index (χ1n) is 4.35. The predicted molar refractivity (Wildman–Crippen MR) is 61.6 cm³/mol. The molecule has 1 aromatic carbocycles. The Morgan fingerprint density at radius 2 is 2.08 bits per heavy atom. The monoisotopic (exact) mass is 239 g/mol. The van der Waals surface area contributed by atoms with Gasteiger partial charge in [0.2, 0.25) is 0 Å². The fourth-order valence-corrected chi connectivity index (χ4v) is 1.87. The Bertz CT molecular complexity index is 277.